The Kier molecular flexibility index (Phi) is 7.62. The molecule has 0 atom stereocenters. The quantitative estimate of drug-likeness (QED) is 0.271. The maximum Gasteiger partial charge on any atom is 0.263 e. The summed E-state index contributed by atoms with van der Waals surface area (Å²) in [5, 5.41) is 5.85. The summed E-state index contributed by atoms with van der Waals surface area (Å²) >= 11 is 0. The number of carbonyl (C=O) groups excluding carboxylic acids is 2. The molecular formula is C28H28N6O6S. The molecule has 41 heavy (non-hydrogen) atoms. The molecule has 0 aliphatic carbocycles. The third-order valence-electron chi connectivity index (χ3n) is 6.53. The Morgan fingerprint density at radius 3 is 2.10 bits per heavy atom. The number of methoxy groups -OCH3 is 2. The molecule has 2 amide bonds. The summed E-state index contributed by atoms with van der Waals surface area (Å²) in [6.45, 7) is 2.11. The normalized spacial score (nSPS) is 13.3. The Balaban J connectivity index is 1.42. The van der Waals surface area contributed by atoms with Gasteiger partial charge in [-0.15, -0.1) is 0 Å². The number of para-hydroxylation sites is 2. The van der Waals surface area contributed by atoms with Gasteiger partial charge in [0.05, 0.1) is 36.1 Å². The summed E-state index contributed by atoms with van der Waals surface area (Å²) in [5.41, 5.74) is 1.89. The number of sulfonamides is 1. The van der Waals surface area contributed by atoms with E-state index in [0.29, 0.717) is 47.0 Å². The molecule has 1 aliphatic rings. The molecule has 0 unspecified atom stereocenters. The number of amides is 2. The second-order valence-electron chi connectivity index (χ2n) is 9.38. The van der Waals surface area contributed by atoms with Crippen molar-refractivity contribution < 1.29 is 27.5 Å². The number of aromatic nitrogens is 2. The van der Waals surface area contributed by atoms with Crippen molar-refractivity contribution in [1.82, 2.24) is 14.9 Å². The largest absolute Gasteiger partial charge is 0.497 e. The van der Waals surface area contributed by atoms with E-state index < -0.39 is 10.0 Å². The number of fused-ring (bicyclic) bond motifs is 1. The van der Waals surface area contributed by atoms with Gasteiger partial charge in [0.15, 0.2) is 11.6 Å². The van der Waals surface area contributed by atoms with Gasteiger partial charge in [-0.05, 0) is 30.3 Å². The topological polar surface area (TPSA) is 152 Å². The summed E-state index contributed by atoms with van der Waals surface area (Å²) in [6.07, 6.45) is 0. The van der Waals surface area contributed by atoms with Gasteiger partial charge >= 0.3 is 0 Å². The number of benzene rings is 3. The highest BCUT2D eigenvalue weighted by molar-refractivity contribution is 7.92. The Hall–Kier alpha value is -4.91. The van der Waals surface area contributed by atoms with Crippen molar-refractivity contribution in [1.29, 1.82) is 0 Å². The summed E-state index contributed by atoms with van der Waals surface area (Å²) in [7, 11) is -1.11. The van der Waals surface area contributed by atoms with E-state index in [1.807, 2.05) is 0 Å². The Morgan fingerprint density at radius 1 is 0.854 bits per heavy atom. The molecule has 1 saturated heterocycles. The predicted octanol–water partition coefficient (Wildman–Crippen LogP) is 3.61. The van der Waals surface area contributed by atoms with Crippen LogP contribution in [0.3, 0.4) is 0 Å². The first-order chi connectivity index (χ1) is 19.6. The molecule has 4 aromatic rings. The second-order valence-corrected chi connectivity index (χ2v) is 11.1. The maximum atomic E-state index is 13.5. The van der Waals surface area contributed by atoms with Crippen LogP contribution in [-0.2, 0) is 19.6 Å². The van der Waals surface area contributed by atoms with E-state index in [-0.39, 0.29) is 34.3 Å². The van der Waals surface area contributed by atoms with Crippen LogP contribution in [-0.4, -0.2) is 62.4 Å². The Bertz CT molecular complexity index is 1720. The molecular weight excluding hydrogens is 548 g/mol. The van der Waals surface area contributed by atoms with Crippen LogP contribution in [0.4, 0.5) is 23.0 Å². The van der Waals surface area contributed by atoms with E-state index in [1.54, 1.807) is 53.4 Å². The molecule has 0 saturated carbocycles. The molecule has 1 aliphatic heterocycles. The zero-order chi connectivity index (χ0) is 29.1. The van der Waals surface area contributed by atoms with Crippen LogP contribution in [0.15, 0.2) is 71.6 Å². The van der Waals surface area contributed by atoms with Crippen molar-refractivity contribution in [2.75, 3.05) is 42.7 Å². The zero-order valence-corrected chi connectivity index (χ0v) is 23.4. The Morgan fingerprint density at radius 2 is 1.49 bits per heavy atom. The molecule has 13 heteroatoms. The number of hydrogen-bond donors (Lipinski definition) is 3. The predicted molar refractivity (Wildman–Crippen MR) is 154 cm³/mol. The summed E-state index contributed by atoms with van der Waals surface area (Å²) < 4.78 is 40.2. The van der Waals surface area contributed by atoms with E-state index in [0.717, 1.165) is 0 Å². The molecule has 212 valence electrons. The van der Waals surface area contributed by atoms with Crippen molar-refractivity contribution in [2.45, 2.75) is 11.8 Å². The summed E-state index contributed by atoms with van der Waals surface area (Å²) in [5.74, 6) is 0.449. The zero-order valence-electron chi connectivity index (χ0n) is 22.5. The van der Waals surface area contributed by atoms with Crippen LogP contribution in [0.5, 0.6) is 11.5 Å². The van der Waals surface area contributed by atoms with Gasteiger partial charge in [-0.1, -0.05) is 18.2 Å². The highest BCUT2D eigenvalue weighted by atomic mass is 32.2. The van der Waals surface area contributed by atoms with Crippen molar-refractivity contribution in [2.24, 2.45) is 5.92 Å². The maximum absolute atomic E-state index is 13.5. The standard InChI is InChI=1S/C28H28N6O6S/c1-17(35)34-15-18(16-34)28(36)30-19-7-6-8-23(13-19)41(37,38)33-27-26(31-24-9-4-5-10-25(24)32-27)29-20-11-21(39-2)14-22(12-20)40-3/h4-14,18H,15-16H2,1-3H3,(H,29,31)(H,30,36)(H,32,33). The highest BCUT2D eigenvalue weighted by Crippen LogP contribution is 2.31. The number of anilines is 4. The van der Waals surface area contributed by atoms with Gasteiger partial charge in [-0.3, -0.25) is 14.3 Å². The number of ether oxygens (including phenoxy) is 2. The van der Waals surface area contributed by atoms with E-state index in [9.17, 15) is 18.0 Å². The number of carbonyl (C=O) groups is 2. The van der Waals surface area contributed by atoms with Crippen molar-refractivity contribution >= 4 is 55.9 Å². The van der Waals surface area contributed by atoms with Crippen LogP contribution in [0.2, 0.25) is 0 Å². The molecule has 0 radical (unpaired) electrons. The van der Waals surface area contributed by atoms with E-state index in [4.69, 9.17) is 9.47 Å². The minimum atomic E-state index is -4.16. The highest BCUT2D eigenvalue weighted by Gasteiger charge is 2.34. The van der Waals surface area contributed by atoms with Gasteiger partial charge in [0.1, 0.15) is 11.5 Å². The number of rotatable bonds is 9. The molecule has 3 N–H and O–H groups in total. The van der Waals surface area contributed by atoms with Gasteiger partial charge < -0.3 is 25.0 Å². The molecule has 0 spiro atoms. The lowest BCUT2D eigenvalue weighted by Crippen LogP contribution is -2.53. The van der Waals surface area contributed by atoms with E-state index in [1.165, 1.54) is 39.3 Å². The minimum absolute atomic E-state index is 0.0290. The molecule has 0 bridgehead atoms. The molecule has 1 aromatic heterocycles. The van der Waals surface area contributed by atoms with Crippen LogP contribution >= 0.6 is 0 Å². The molecule has 3 aromatic carbocycles. The first-order valence-electron chi connectivity index (χ1n) is 12.6. The fourth-order valence-electron chi connectivity index (χ4n) is 4.25. The number of nitrogens with one attached hydrogen (secondary N) is 3. The average Bonchev–Trinajstić information content (AvgIpc) is 2.92. The van der Waals surface area contributed by atoms with Crippen LogP contribution in [0.25, 0.3) is 11.0 Å². The smallest absolute Gasteiger partial charge is 0.263 e. The van der Waals surface area contributed by atoms with Gasteiger partial charge in [0, 0.05) is 49.6 Å². The fourth-order valence-corrected chi connectivity index (χ4v) is 5.30. The first kappa shape index (κ1) is 27.6. The number of likely N-dealkylation sites (tertiary alicyclic amines) is 1. The monoisotopic (exact) mass is 576 g/mol. The molecule has 1 fully saturated rings. The van der Waals surface area contributed by atoms with Gasteiger partial charge in [0.2, 0.25) is 11.8 Å². The molecule has 2 heterocycles. The molecule has 5 rings (SSSR count). The van der Waals surface area contributed by atoms with Crippen molar-refractivity contribution in [3.8, 4) is 11.5 Å². The van der Waals surface area contributed by atoms with Gasteiger partial charge in [-0.2, -0.15) is 0 Å². The summed E-state index contributed by atoms with van der Waals surface area (Å²) in [4.78, 5) is 34.6. The molecule has 12 nitrogen and oxygen atoms in total. The van der Waals surface area contributed by atoms with E-state index in [2.05, 4.69) is 25.3 Å². The average molecular weight is 577 g/mol. The third kappa shape index (κ3) is 6.14. The van der Waals surface area contributed by atoms with Crippen LogP contribution in [0.1, 0.15) is 6.92 Å². The number of nitrogens with zero attached hydrogens (tertiary/aromatic N) is 3. The lowest BCUT2D eigenvalue weighted by Gasteiger charge is -2.37. The van der Waals surface area contributed by atoms with Crippen LogP contribution in [0, 0.1) is 5.92 Å². The van der Waals surface area contributed by atoms with Gasteiger partial charge in [-0.25, -0.2) is 18.4 Å². The van der Waals surface area contributed by atoms with Crippen molar-refractivity contribution in [3.63, 3.8) is 0 Å². The fraction of sp³-hybridized carbons (Fsp3) is 0.214. The lowest BCUT2D eigenvalue weighted by atomic mass is 9.99. The SMILES string of the molecule is COc1cc(Nc2nc3ccccc3nc2NS(=O)(=O)c2cccc(NC(=O)C3CN(C(C)=O)C3)c2)cc(OC)c1. The van der Waals surface area contributed by atoms with Gasteiger partial charge in [0.25, 0.3) is 10.0 Å². The van der Waals surface area contributed by atoms with Crippen LogP contribution < -0.4 is 24.8 Å². The van der Waals surface area contributed by atoms with E-state index >= 15 is 0 Å². The lowest BCUT2D eigenvalue weighted by molar-refractivity contribution is -0.139. The first-order valence-corrected chi connectivity index (χ1v) is 14.1. The third-order valence-corrected chi connectivity index (χ3v) is 7.86. The minimum Gasteiger partial charge on any atom is -0.497 e. The summed E-state index contributed by atoms with van der Waals surface area (Å²) in [6, 6.07) is 18.1. The van der Waals surface area contributed by atoms with Crippen molar-refractivity contribution in [3.05, 3.63) is 66.7 Å². The second kappa shape index (κ2) is 11.3. The Labute approximate surface area is 236 Å². The number of hydrogen-bond acceptors (Lipinski definition) is 9.